The number of unbranched alkanes of at least 4 members (excludes halogenated alkanes) is 2. The van der Waals surface area contributed by atoms with E-state index in [1.165, 1.54) is 18.4 Å². The van der Waals surface area contributed by atoms with Crippen molar-refractivity contribution in [3.8, 4) is 5.75 Å². The van der Waals surface area contributed by atoms with Gasteiger partial charge in [0.2, 0.25) is 0 Å². The van der Waals surface area contributed by atoms with Crippen LogP contribution >= 0.6 is 23.7 Å². The Morgan fingerprint density at radius 1 is 1.06 bits per heavy atom. The number of nitrogens with zero attached hydrogens (tertiary/aromatic N) is 3. The average molecular weight is 462 g/mol. The number of carbonyl (C=O) groups is 1. The van der Waals surface area contributed by atoms with Gasteiger partial charge < -0.3 is 9.64 Å². The Labute approximate surface area is 195 Å². The molecule has 0 saturated heterocycles. The van der Waals surface area contributed by atoms with E-state index in [4.69, 9.17) is 9.72 Å². The largest absolute Gasteiger partial charge is 0.494 e. The Balaban J connectivity index is 0.00000341. The molecular weight excluding hydrogens is 430 g/mol. The fourth-order valence-electron chi connectivity index (χ4n) is 3.11. The number of aromatic nitrogens is 1. The molecule has 168 valence electrons. The lowest BCUT2D eigenvalue weighted by molar-refractivity contribution is 0.0985. The third kappa shape index (κ3) is 6.92. The first-order valence-corrected chi connectivity index (χ1v) is 11.4. The molecule has 0 spiro atoms. The van der Waals surface area contributed by atoms with Crippen molar-refractivity contribution < 1.29 is 9.53 Å². The molecule has 0 fully saturated rings. The van der Waals surface area contributed by atoms with Crippen LogP contribution in [0.25, 0.3) is 10.2 Å². The number of ether oxygens (including phenoxy) is 1. The topological polar surface area (TPSA) is 45.7 Å². The zero-order valence-electron chi connectivity index (χ0n) is 18.8. The molecule has 7 heteroatoms. The third-order valence-corrected chi connectivity index (χ3v) is 5.94. The number of hydrogen-bond acceptors (Lipinski definition) is 5. The van der Waals surface area contributed by atoms with E-state index in [0.717, 1.165) is 34.1 Å². The van der Waals surface area contributed by atoms with E-state index in [0.29, 0.717) is 18.7 Å². The molecule has 0 unspecified atom stereocenters. The second-order valence-electron chi connectivity index (χ2n) is 7.81. The van der Waals surface area contributed by atoms with Crippen LogP contribution in [0.1, 0.15) is 42.1 Å². The molecule has 0 aliphatic heterocycles. The Morgan fingerprint density at radius 2 is 1.81 bits per heavy atom. The lowest BCUT2D eigenvalue weighted by Gasteiger charge is -2.22. The van der Waals surface area contributed by atoms with Gasteiger partial charge in [0, 0.05) is 18.7 Å². The number of anilines is 1. The summed E-state index contributed by atoms with van der Waals surface area (Å²) in [5.74, 6) is 0.767. The average Bonchev–Trinajstić information content (AvgIpc) is 3.14. The fourth-order valence-corrected chi connectivity index (χ4v) is 4.20. The molecule has 0 atom stereocenters. The summed E-state index contributed by atoms with van der Waals surface area (Å²) < 4.78 is 6.88. The monoisotopic (exact) mass is 461 g/mol. The standard InChI is InChI=1S/C24H31N3O2S.ClH/c1-5-6-7-16-29-20-11-9-19(10-12-20)23(28)27(15-14-26(3)4)24-25-21-13-8-18(2)17-22(21)30-24;/h8-13,17H,5-7,14-16H2,1-4H3;1H. The number of hydrogen-bond donors (Lipinski definition) is 0. The van der Waals surface area contributed by atoms with Gasteiger partial charge in [0.15, 0.2) is 5.13 Å². The van der Waals surface area contributed by atoms with Crippen LogP contribution in [0.2, 0.25) is 0 Å². The van der Waals surface area contributed by atoms with Crippen molar-refractivity contribution in [3.63, 3.8) is 0 Å². The minimum Gasteiger partial charge on any atom is -0.494 e. The summed E-state index contributed by atoms with van der Waals surface area (Å²) in [6, 6.07) is 13.6. The van der Waals surface area contributed by atoms with Crippen molar-refractivity contribution in [1.82, 2.24) is 9.88 Å². The molecule has 5 nitrogen and oxygen atoms in total. The quantitative estimate of drug-likeness (QED) is 0.358. The van der Waals surface area contributed by atoms with E-state index in [-0.39, 0.29) is 18.3 Å². The van der Waals surface area contributed by atoms with E-state index in [1.807, 2.05) is 44.4 Å². The summed E-state index contributed by atoms with van der Waals surface area (Å²) in [5, 5.41) is 0.738. The van der Waals surface area contributed by atoms with Gasteiger partial charge in [-0.25, -0.2) is 4.98 Å². The van der Waals surface area contributed by atoms with Gasteiger partial charge in [0.05, 0.1) is 16.8 Å². The van der Waals surface area contributed by atoms with Gasteiger partial charge in [-0.2, -0.15) is 0 Å². The van der Waals surface area contributed by atoms with Gasteiger partial charge in [0.25, 0.3) is 5.91 Å². The number of benzene rings is 2. The Morgan fingerprint density at radius 3 is 2.48 bits per heavy atom. The van der Waals surface area contributed by atoms with Crippen LogP contribution < -0.4 is 9.64 Å². The molecule has 0 N–H and O–H groups in total. The van der Waals surface area contributed by atoms with E-state index >= 15 is 0 Å². The zero-order valence-corrected chi connectivity index (χ0v) is 20.4. The van der Waals surface area contributed by atoms with Crippen molar-refractivity contribution in [1.29, 1.82) is 0 Å². The first kappa shape index (κ1) is 25.1. The number of amides is 1. The first-order valence-electron chi connectivity index (χ1n) is 10.5. The van der Waals surface area contributed by atoms with Crippen LogP contribution in [0.5, 0.6) is 5.75 Å². The number of thiazole rings is 1. The normalized spacial score (nSPS) is 10.9. The minimum atomic E-state index is -0.0369. The lowest BCUT2D eigenvalue weighted by atomic mass is 10.2. The molecule has 0 radical (unpaired) electrons. The highest BCUT2D eigenvalue weighted by atomic mass is 35.5. The van der Waals surface area contributed by atoms with Crippen LogP contribution in [-0.2, 0) is 0 Å². The van der Waals surface area contributed by atoms with Gasteiger partial charge in [-0.05, 0) is 69.4 Å². The molecular formula is C24H32ClN3O2S. The van der Waals surface area contributed by atoms with Gasteiger partial charge in [-0.1, -0.05) is 37.2 Å². The van der Waals surface area contributed by atoms with Crippen molar-refractivity contribution >= 4 is 45.0 Å². The molecule has 0 aliphatic rings. The van der Waals surface area contributed by atoms with E-state index in [2.05, 4.69) is 30.9 Å². The Kier molecular flexibility index (Phi) is 9.75. The minimum absolute atomic E-state index is 0. The summed E-state index contributed by atoms with van der Waals surface area (Å²) in [6.45, 7) is 6.30. The number of likely N-dealkylation sites (N-methyl/N-ethyl adjacent to an activating group) is 1. The highest BCUT2D eigenvalue weighted by Crippen LogP contribution is 2.30. The van der Waals surface area contributed by atoms with Crippen molar-refractivity contribution in [2.24, 2.45) is 0 Å². The first-order chi connectivity index (χ1) is 14.5. The summed E-state index contributed by atoms with van der Waals surface area (Å²) in [6.07, 6.45) is 3.39. The van der Waals surface area contributed by atoms with E-state index in [1.54, 1.807) is 16.2 Å². The number of carbonyl (C=O) groups excluding carboxylic acids is 1. The van der Waals surface area contributed by atoms with Crippen LogP contribution in [0.4, 0.5) is 5.13 Å². The van der Waals surface area contributed by atoms with Gasteiger partial charge in [0.1, 0.15) is 5.75 Å². The molecule has 1 heterocycles. The second-order valence-corrected chi connectivity index (χ2v) is 8.82. The second kappa shape index (κ2) is 12.0. The molecule has 3 aromatic rings. The maximum Gasteiger partial charge on any atom is 0.260 e. The smallest absolute Gasteiger partial charge is 0.260 e. The highest BCUT2D eigenvalue weighted by Gasteiger charge is 2.21. The molecule has 1 amide bonds. The van der Waals surface area contributed by atoms with Crippen LogP contribution in [0.15, 0.2) is 42.5 Å². The molecule has 0 bridgehead atoms. The molecule has 1 aromatic heterocycles. The summed E-state index contributed by atoms with van der Waals surface area (Å²) >= 11 is 1.56. The van der Waals surface area contributed by atoms with Crippen LogP contribution in [0, 0.1) is 6.92 Å². The third-order valence-electron chi connectivity index (χ3n) is 4.90. The molecule has 31 heavy (non-hydrogen) atoms. The molecule has 2 aromatic carbocycles. The molecule has 0 saturated carbocycles. The number of aryl methyl sites for hydroxylation is 1. The highest BCUT2D eigenvalue weighted by molar-refractivity contribution is 7.22. The van der Waals surface area contributed by atoms with Crippen LogP contribution in [-0.4, -0.2) is 49.6 Å². The van der Waals surface area contributed by atoms with E-state index in [9.17, 15) is 4.79 Å². The number of rotatable bonds is 10. The summed E-state index contributed by atoms with van der Waals surface area (Å²) in [5.41, 5.74) is 2.77. The lowest BCUT2D eigenvalue weighted by Crippen LogP contribution is -2.36. The SMILES string of the molecule is CCCCCOc1ccc(C(=O)N(CCN(C)C)c2nc3ccc(C)cc3s2)cc1.Cl. The number of halogens is 1. The zero-order chi connectivity index (χ0) is 21.5. The van der Waals surface area contributed by atoms with E-state index < -0.39 is 0 Å². The van der Waals surface area contributed by atoms with Crippen molar-refractivity contribution in [3.05, 3.63) is 53.6 Å². The van der Waals surface area contributed by atoms with Gasteiger partial charge in [-0.3, -0.25) is 9.69 Å². The summed E-state index contributed by atoms with van der Waals surface area (Å²) in [4.78, 5) is 21.9. The molecule has 3 rings (SSSR count). The van der Waals surface area contributed by atoms with Crippen molar-refractivity contribution in [2.45, 2.75) is 33.1 Å². The predicted octanol–water partition coefficient (Wildman–Crippen LogP) is 5.80. The maximum absolute atomic E-state index is 13.3. The van der Waals surface area contributed by atoms with Gasteiger partial charge in [-0.15, -0.1) is 12.4 Å². The summed E-state index contributed by atoms with van der Waals surface area (Å²) in [7, 11) is 4.02. The van der Waals surface area contributed by atoms with Crippen LogP contribution in [0.3, 0.4) is 0 Å². The fraction of sp³-hybridized carbons (Fsp3) is 0.417. The van der Waals surface area contributed by atoms with Crippen molar-refractivity contribution in [2.75, 3.05) is 38.7 Å². The number of fused-ring (bicyclic) bond motifs is 1. The Hall–Kier alpha value is -2.15. The predicted molar refractivity (Wildman–Crippen MR) is 133 cm³/mol. The molecule has 0 aliphatic carbocycles. The Bertz CT molecular complexity index is 973. The van der Waals surface area contributed by atoms with Gasteiger partial charge >= 0.3 is 0 Å². The maximum atomic E-state index is 13.3.